The molecule has 13 heavy (non-hydrogen) atoms. The van der Waals surface area contributed by atoms with Gasteiger partial charge in [-0.2, -0.15) is 0 Å². The predicted octanol–water partition coefficient (Wildman–Crippen LogP) is 3.23. The van der Waals surface area contributed by atoms with Crippen molar-refractivity contribution in [2.45, 2.75) is 32.3 Å². The molecule has 1 heterocycles. The first-order valence-electron chi connectivity index (χ1n) is 4.46. The van der Waals surface area contributed by atoms with Gasteiger partial charge in [0.05, 0.1) is 5.60 Å². The molecule has 2 heteroatoms. The van der Waals surface area contributed by atoms with Gasteiger partial charge in [-0.1, -0.05) is 6.08 Å². The number of aryl methyl sites for hydroxylation is 1. The monoisotopic (exact) mass is 196 g/mol. The van der Waals surface area contributed by atoms with Crippen LogP contribution in [0.4, 0.5) is 0 Å². The summed E-state index contributed by atoms with van der Waals surface area (Å²) in [5, 5.41) is 12.2. The van der Waals surface area contributed by atoms with Crippen LogP contribution >= 0.6 is 11.3 Å². The van der Waals surface area contributed by atoms with Crippen molar-refractivity contribution in [3.63, 3.8) is 0 Å². The molecule has 1 aromatic heterocycles. The average molecular weight is 196 g/mol. The van der Waals surface area contributed by atoms with Crippen molar-refractivity contribution in [1.29, 1.82) is 0 Å². The molecule has 0 bridgehead atoms. The van der Waals surface area contributed by atoms with E-state index in [0.29, 0.717) is 0 Å². The molecule has 1 N–H and O–H groups in total. The lowest BCUT2D eigenvalue weighted by molar-refractivity contribution is 0.0487. The average Bonchev–Trinajstić information content (AvgIpc) is 2.48. The van der Waals surface area contributed by atoms with Gasteiger partial charge in [-0.05, 0) is 43.7 Å². The standard InChI is InChI=1S/C11H16OS/c1-4-5-7-11(3,12)10-6-8-13-9(10)2/h4,6,8,12H,1,5,7H2,2-3H3. The van der Waals surface area contributed by atoms with Crippen LogP contribution in [-0.4, -0.2) is 5.11 Å². The fourth-order valence-corrected chi connectivity index (χ4v) is 2.28. The minimum absolute atomic E-state index is 0.696. The molecular formula is C11H16OS. The maximum Gasteiger partial charge on any atom is 0.0882 e. The third kappa shape index (κ3) is 2.42. The highest BCUT2D eigenvalue weighted by molar-refractivity contribution is 7.10. The zero-order valence-corrected chi connectivity index (χ0v) is 9.03. The van der Waals surface area contributed by atoms with Gasteiger partial charge in [0.2, 0.25) is 0 Å². The van der Waals surface area contributed by atoms with Gasteiger partial charge in [0, 0.05) is 4.88 Å². The van der Waals surface area contributed by atoms with Gasteiger partial charge in [-0.3, -0.25) is 0 Å². The van der Waals surface area contributed by atoms with E-state index in [0.717, 1.165) is 18.4 Å². The molecule has 1 rings (SSSR count). The molecule has 0 radical (unpaired) electrons. The molecule has 0 saturated carbocycles. The van der Waals surface area contributed by atoms with E-state index >= 15 is 0 Å². The molecule has 0 spiro atoms. The molecular weight excluding hydrogens is 180 g/mol. The van der Waals surface area contributed by atoms with E-state index in [1.165, 1.54) is 4.88 Å². The van der Waals surface area contributed by atoms with Crippen molar-refractivity contribution in [3.05, 3.63) is 34.5 Å². The molecule has 0 aliphatic rings. The summed E-state index contributed by atoms with van der Waals surface area (Å²) in [6, 6.07) is 2.00. The van der Waals surface area contributed by atoms with Gasteiger partial charge in [0.1, 0.15) is 0 Å². The highest BCUT2D eigenvalue weighted by Gasteiger charge is 2.24. The molecule has 1 aromatic rings. The van der Waals surface area contributed by atoms with Crippen LogP contribution in [0.5, 0.6) is 0 Å². The smallest absolute Gasteiger partial charge is 0.0882 e. The Hall–Kier alpha value is -0.600. The van der Waals surface area contributed by atoms with Crippen molar-refractivity contribution in [2.75, 3.05) is 0 Å². The molecule has 72 valence electrons. The molecule has 0 amide bonds. The second-order valence-corrected chi connectivity index (χ2v) is 4.61. The van der Waals surface area contributed by atoms with Crippen molar-refractivity contribution in [3.8, 4) is 0 Å². The van der Waals surface area contributed by atoms with Crippen LogP contribution < -0.4 is 0 Å². The van der Waals surface area contributed by atoms with E-state index < -0.39 is 5.60 Å². The number of allylic oxidation sites excluding steroid dienone is 1. The van der Waals surface area contributed by atoms with Crippen LogP contribution in [0, 0.1) is 6.92 Å². The number of thiophene rings is 1. The maximum atomic E-state index is 10.1. The van der Waals surface area contributed by atoms with E-state index in [-0.39, 0.29) is 0 Å². The highest BCUT2D eigenvalue weighted by atomic mass is 32.1. The lowest BCUT2D eigenvalue weighted by Crippen LogP contribution is -2.20. The SMILES string of the molecule is C=CCCC(C)(O)c1ccsc1C. The first-order chi connectivity index (χ1) is 6.08. The van der Waals surface area contributed by atoms with E-state index in [4.69, 9.17) is 0 Å². The maximum absolute atomic E-state index is 10.1. The number of aliphatic hydroxyl groups is 1. The fraction of sp³-hybridized carbons (Fsp3) is 0.455. The molecule has 0 fully saturated rings. The highest BCUT2D eigenvalue weighted by Crippen LogP contribution is 2.31. The third-order valence-electron chi connectivity index (χ3n) is 2.27. The Kier molecular flexibility index (Phi) is 3.28. The fourth-order valence-electron chi connectivity index (χ4n) is 1.46. The summed E-state index contributed by atoms with van der Waals surface area (Å²) in [6.45, 7) is 7.57. The Bertz CT molecular complexity index is 286. The van der Waals surface area contributed by atoms with E-state index in [2.05, 4.69) is 6.58 Å². The first kappa shape index (κ1) is 10.5. The van der Waals surface area contributed by atoms with E-state index in [1.807, 2.05) is 31.4 Å². The summed E-state index contributed by atoms with van der Waals surface area (Å²) in [5.41, 5.74) is 0.359. The Labute approximate surface area is 83.7 Å². The molecule has 1 atom stereocenters. The van der Waals surface area contributed by atoms with Crippen molar-refractivity contribution in [1.82, 2.24) is 0 Å². The van der Waals surface area contributed by atoms with Gasteiger partial charge in [-0.15, -0.1) is 17.9 Å². The largest absolute Gasteiger partial charge is 0.385 e. The first-order valence-corrected chi connectivity index (χ1v) is 5.34. The van der Waals surface area contributed by atoms with E-state index in [1.54, 1.807) is 11.3 Å². The van der Waals surface area contributed by atoms with Gasteiger partial charge >= 0.3 is 0 Å². The number of hydrogen-bond donors (Lipinski definition) is 1. The minimum Gasteiger partial charge on any atom is -0.385 e. The summed E-state index contributed by atoms with van der Waals surface area (Å²) in [6.07, 6.45) is 3.44. The van der Waals surface area contributed by atoms with Crippen LogP contribution in [0.3, 0.4) is 0 Å². The predicted molar refractivity (Wildman–Crippen MR) is 58.1 cm³/mol. The molecule has 1 nitrogen and oxygen atoms in total. The molecule has 0 aromatic carbocycles. The van der Waals surface area contributed by atoms with E-state index in [9.17, 15) is 5.11 Å². The van der Waals surface area contributed by atoms with Crippen molar-refractivity contribution < 1.29 is 5.11 Å². The molecule has 0 saturated heterocycles. The third-order valence-corrected chi connectivity index (χ3v) is 3.12. The van der Waals surface area contributed by atoms with Crippen LogP contribution in [0.2, 0.25) is 0 Å². The summed E-state index contributed by atoms with van der Waals surface area (Å²) in [4.78, 5) is 1.20. The van der Waals surface area contributed by atoms with Crippen LogP contribution in [0.15, 0.2) is 24.1 Å². The Morgan fingerprint density at radius 1 is 1.69 bits per heavy atom. The topological polar surface area (TPSA) is 20.2 Å². The number of rotatable bonds is 4. The van der Waals surface area contributed by atoms with Gasteiger partial charge in [0.15, 0.2) is 0 Å². The van der Waals surface area contributed by atoms with Gasteiger partial charge < -0.3 is 5.11 Å². The molecule has 0 aliphatic heterocycles. The summed E-state index contributed by atoms with van der Waals surface area (Å²) < 4.78 is 0. The lowest BCUT2D eigenvalue weighted by Gasteiger charge is -2.22. The van der Waals surface area contributed by atoms with Crippen molar-refractivity contribution >= 4 is 11.3 Å². The summed E-state index contributed by atoms with van der Waals surface area (Å²) in [5.74, 6) is 0. The second kappa shape index (κ2) is 4.07. The lowest BCUT2D eigenvalue weighted by atomic mass is 9.92. The van der Waals surface area contributed by atoms with Gasteiger partial charge in [-0.25, -0.2) is 0 Å². The quantitative estimate of drug-likeness (QED) is 0.733. The Balaban J connectivity index is 2.80. The normalized spacial score (nSPS) is 15.3. The zero-order chi connectivity index (χ0) is 9.90. The number of hydrogen-bond acceptors (Lipinski definition) is 2. The van der Waals surface area contributed by atoms with Gasteiger partial charge in [0.25, 0.3) is 0 Å². The summed E-state index contributed by atoms with van der Waals surface area (Å²) >= 11 is 1.68. The van der Waals surface area contributed by atoms with Crippen LogP contribution in [-0.2, 0) is 5.60 Å². The van der Waals surface area contributed by atoms with Crippen LogP contribution in [0.1, 0.15) is 30.2 Å². The molecule has 0 aliphatic carbocycles. The zero-order valence-electron chi connectivity index (χ0n) is 8.21. The summed E-state index contributed by atoms with van der Waals surface area (Å²) in [7, 11) is 0. The second-order valence-electron chi connectivity index (χ2n) is 3.49. The Morgan fingerprint density at radius 2 is 2.38 bits per heavy atom. The Morgan fingerprint density at radius 3 is 2.85 bits per heavy atom. The van der Waals surface area contributed by atoms with Crippen LogP contribution in [0.25, 0.3) is 0 Å². The minimum atomic E-state index is -0.696. The van der Waals surface area contributed by atoms with Crippen molar-refractivity contribution in [2.24, 2.45) is 0 Å². The molecule has 1 unspecified atom stereocenters.